The van der Waals surface area contributed by atoms with Gasteiger partial charge in [0.2, 0.25) is 11.8 Å². The lowest BCUT2D eigenvalue weighted by atomic mass is 10.5. The molecule has 0 amide bonds. The molecule has 0 radical (unpaired) electrons. The van der Waals surface area contributed by atoms with Crippen LogP contribution in [0, 0.1) is 0 Å². The van der Waals surface area contributed by atoms with Gasteiger partial charge in [0, 0.05) is 6.20 Å². The summed E-state index contributed by atoms with van der Waals surface area (Å²) in [5.41, 5.74) is 2.34. The molecule has 0 aliphatic heterocycles. The lowest BCUT2D eigenvalue weighted by Gasteiger charge is -2.06. The number of rotatable bonds is 3. The summed E-state index contributed by atoms with van der Waals surface area (Å²) < 4.78 is 6.13. The monoisotopic (exact) mass is 281 g/mol. The van der Waals surface area contributed by atoms with Crippen LogP contribution in [0.5, 0.6) is 11.6 Å². The lowest BCUT2D eigenvalue weighted by molar-refractivity contribution is 0.457. The second-order valence-corrected chi connectivity index (χ2v) is 3.64. The first-order valence-electron chi connectivity index (χ1n) is 4.36. The minimum atomic E-state index is 0.280. The molecule has 0 saturated carbocycles. The molecule has 0 spiro atoms. The Bertz CT molecular complexity index is 479. The number of halogens is 1. The lowest BCUT2D eigenvalue weighted by Crippen LogP contribution is -2.10. The van der Waals surface area contributed by atoms with Gasteiger partial charge in [-0.05, 0) is 28.1 Å². The minimum absolute atomic E-state index is 0.280. The Labute approximate surface area is 100.0 Å². The van der Waals surface area contributed by atoms with Gasteiger partial charge in [0.15, 0.2) is 0 Å². The predicted octanol–water partition coefficient (Wildman–Crippen LogP) is 1.71. The predicted molar refractivity (Wildman–Crippen MR) is 61.9 cm³/mol. The number of hydrazine groups is 1. The van der Waals surface area contributed by atoms with Crippen LogP contribution in [-0.2, 0) is 0 Å². The van der Waals surface area contributed by atoms with E-state index in [9.17, 15) is 0 Å². The molecule has 0 saturated heterocycles. The highest BCUT2D eigenvalue weighted by Crippen LogP contribution is 2.26. The fourth-order valence-corrected chi connectivity index (χ4v) is 1.28. The van der Waals surface area contributed by atoms with Gasteiger partial charge in [-0.2, -0.15) is 4.98 Å². The minimum Gasteiger partial charge on any atom is -0.436 e. The van der Waals surface area contributed by atoms with E-state index in [0.29, 0.717) is 16.1 Å². The number of nitrogen functional groups attached to an aromatic ring is 1. The number of nitrogens with zero attached hydrogens (tertiary/aromatic N) is 3. The maximum Gasteiger partial charge on any atom is 0.240 e. The first kappa shape index (κ1) is 10.8. The molecule has 2 aromatic heterocycles. The molecule has 0 atom stereocenters. The summed E-state index contributed by atoms with van der Waals surface area (Å²) in [6, 6.07) is 3.55. The van der Waals surface area contributed by atoms with Crippen molar-refractivity contribution in [2.75, 3.05) is 5.43 Å². The maximum atomic E-state index is 5.50. The zero-order valence-electron chi connectivity index (χ0n) is 8.09. The quantitative estimate of drug-likeness (QED) is 0.658. The third kappa shape index (κ3) is 2.44. The topological polar surface area (TPSA) is 86.0 Å². The molecule has 6 nitrogen and oxygen atoms in total. The van der Waals surface area contributed by atoms with E-state index in [2.05, 4.69) is 36.3 Å². The van der Waals surface area contributed by atoms with Crippen LogP contribution in [0.3, 0.4) is 0 Å². The third-order valence-corrected chi connectivity index (χ3v) is 2.23. The highest BCUT2D eigenvalue weighted by molar-refractivity contribution is 9.10. The van der Waals surface area contributed by atoms with E-state index in [0.717, 1.165) is 0 Å². The van der Waals surface area contributed by atoms with E-state index >= 15 is 0 Å². The van der Waals surface area contributed by atoms with Crippen LogP contribution in [0.15, 0.2) is 35.2 Å². The molecule has 0 fully saturated rings. The average Bonchev–Trinajstić information content (AvgIpc) is 2.33. The van der Waals surface area contributed by atoms with E-state index in [1.807, 2.05) is 0 Å². The summed E-state index contributed by atoms with van der Waals surface area (Å²) in [5, 5.41) is 0. The second kappa shape index (κ2) is 4.86. The maximum absolute atomic E-state index is 5.50. The van der Waals surface area contributed by atoms with Crippen LogP contribution in [0.1, 0.15) is 0 Å². The normalized spacial score (nSPS) is 9.88. The van der Waals surface area contributed by atoms with Crippen molar-refractivity contribution in [2.24, 2.45) is 5.84 Å². The summed E-state index contributed by atoms with van der Waals surface area (Å²) in [6.45, 7) is 0. The van der Waals surface area contributed by atoms with Crippen molar-refractivity contribution in [2.45, 2.75) is 0 Å². The molecular formula is C9H8BrN5O. The molecule has 0 unspecified atom stereocenters. The zero-order valence-corrected chi connectivity index (χ0v) is 9.68. The van der Waals surface area contributed by atoms with E-state index in [1.165, 1.54) is 0 Å². The van der Waals surface area contributed by atoms with E-state index < -0.39 is 0 Å². The number of hydrogen-bond acceptors (Lipinski definition) is 6. The van der Waals surface area contributed by atoms with Crippen LogP contribution in [-0.4, -0.2) is 15.0 Å². The van der Waals surface area contributed by atoms with Crippen molar-refractivity contribution in [1.82, 2.24) is 15.0 Å². The molecule has 0 aliphatic carbocycles. The van der Waals surface area contributed by atoms with Gasteiger partial charge < -0.3 is 4.74 Å². The van der Waals surface area contributed by atoms with Crippen LogP contribution >= 0.6 is 15.9 Å². The second-order valence-electron chi connectivity index (χ2n) is 2.78. The number of anilines is 1. The van der Waals surface area contributed by atoms with Gasteiger partial charge >= 0.3 is 0 Å². The number of aromatic nitrogens is 3. The van der Waals surface area contributed by atoms with Crippen molar-refractivity contribution in [1.29, 1.82) is 0 Å². The number of pyridine rings is 1. The fraction of sp³-hybridized carbons (Fsp3) is 0. The number of hydrogen-bond donors (Lipinski definition) is 2. The Kier molecular flexibility index (Phi) is 3.28. The van der Waals surface area contributed by atoms with Crippen LogP contribution in [0.4, 0.5) is 5.95 Å². The van der Waals surface area contributed by atoms with Crippen LogP contribution in [0.2, 0.25) is 0 Å². The van der Waals surface area contributed by atoms with Gasteiger partial charge in [-0.3, -0.25) is 10.4 Å². The Hall–Kier alpha value is -1.73. The Morgan fingerprint density at radius 1 is 1.38 bits per heavy atom. The SMILES string of the molecule is NNc1ncc(Br)c(Oc2cccnc2)n1. The molecule has 0 aliphatic rings. The van der Waals surface area contributed by atoms with Gasteiger partial charge in [-0.1, -0.05) is 0 Å². The molecule has 0 bridgehead atoms. The fourth-order valence-electron chi connectivity index (χ4n) is 1.01. The smallest absolute Gasteiger partial charge is 0.240 e. The number of nitrogens with one attached hydrogen (secondary N) is 1. The van der Waals surface area contributed by atoms with Crippen molar-refractivity contribution in [3.05, 3.63) is 35.2 Å². The molecule has 2 rings (SSSR count). The van der Waals surface area contributed by atoms with E-state index in [4.69, 9.17) is 10.6 Å². The summed E-state index contributed by atoms with van der Waals surface area (Å²) in [5.74, 6) is 6.44. The average molecular weight is 282 g/mol. The van der Waals surface area contributed by atoms with Crippen molar-refractivity contribution in [3.63, 3.8) is 0 Å². The summed E-state index contributed by atoms with van der Waals surface area (Å²) in [4.78, 5) is 11.9. The van der Waals surface area contributed by atoms with E-state index in [1.54, 1.807) is 30.7 Å². The molecular weight excluding hydrogens is 274 g/mol. The third-order valence-electron chi connectivity index (χ3n) is 1.69. The van der Waals surface area contributed by atoms with Crippen molar-refractivity contribution < 1.29 is 4.74 Å². The summed E-state index contributed by atoms with van der Waals surface area (Å²) in [7, 11) is 0. The standard InChI is InChI=1S/C9H8BrN5O/c10-7-5-13-9(15-11)14-8(7)16-6-2-1-3-12-4-6/h1-5H,11H2,(H,13,14,15). The molecule has 2 aromatic rings. The summed E-state index contributed by atoms with van der Waals surface area (Å²) in [6.07, 6.45) is 4.80. The Morgan fingerprint density at radius 2 is 2.25 bits per heavy atom. The van der Waals surface area contributed by atoms with Gasteiger partial charge in [0.1, 0.15) is 5.75 Å². The van der Waals surface area contributed by atoms with Gasteiger partial charge in [0.05, 0.1) is 16.9 Å². The molecule has 3 N–H and O–H groups in total. The Balaban J connectivity index is 2.27. The zero-order chi connectivity index (χ0) is 11.4. The highest BCUT2D eigenvalue weighted by atomic mass is 79.9. The molecule has 16 heavy (non-hydrogen) atoms. The largest absolute Gasteiger partial charge is 0.436 e. The Morgan fingerprint density at radius 3 is 2.94 bits per heavy atom. The number of nitrogens with two attached hydrogens (primary N) is 1. The molecule has 82 valence electrons. The number of ether oxygens (including phenoxy) is 1. The molecule has 7 heteroatoms. The molecule has 2 heterocycles. The van der Waals surface area contributed by atoms with Gasteiger partial charge in [-0.25, -0.2) is 10.8 Å². The van der Waals surface area contributed by atoms with E-state index in [-0.39, 0.29) is 5.95 Å². The van der Waals surface area contributed by atoms with Crippen molar-refractivity contribution in [3.8, 4) is 11.6 Å². The summed E-state index contributed by atoms with van der Waals surface area (Å²) >= 11 is 3.28. The van der Waals surface area contributed by atoms with Crippen LogP contribution in [0.25, 0.3) is 0 Å². The van der Waals surface area contributed by atoms with Gasteiger partial charge in [0.25, 0.3) is 0 Å². The van der Waals surface area contributed by atoms with Crippen molar-refractivity contribution >= 4 is 21.9 Å². The first-order chi connectivity index (χ1) is 7.79. The van der Waals surface area contributed by atoms with Gasteiger partial charge in [-0.15, -0.1) is 0 Å². The first-order valence-corrected chi connectivity index (χ1v) is 5.16. The molecule has 0 aromatic carbocycles. The van der Waals surface area contributed by atoms with Crippen LogP contribution < -0.4 is 16.0 Å². The highest BCUT2D eigenvalue weighted by Gasteiger charge is 2.06.